The molecule has 19 heavy (non-hydrogen) atoms. The second-order valence-electron chi connectivity index (χ2n) is 3.74. The number of fused-ring (bicyclic) bond motifs is 1. The third-order valence-corrected chi connectivity index (χ3v) is 2.78. The summed E-state index contributed by atoms with van der Waals surface area (Å²) in [6, 6.07) is 5.16. The summed E-state index contributed by atoms with van der Waals surface area (Å²) in [5.74, 6) is -0.0864. The van der Waals surface area contributed by atoms with E-state index in [0.29, 0.717) is 16.7 Å². The third-order valence-electron chi connectivity index (χ3n) is 2.78. The summed E-state index contributed by atoms with van der Waals surface area (Å²) < 4.78 is 14.9. The van der Waals surface area contributed by atoms with Gasteiger partial charge in [-0.15, -0.1) is 0 Å². The Hall–Kier alpha value is -2.50. The average molecular weight is 263 g/mol. The number of methoxy groups -OCH3 is 3. The predicted octanol–water partition coefficient (Wildman–Crippen LogP) is 1.33. The molecule has 0 atom stereocenters. The van der Waals surface area contributed by atoms with Crippen LogP contribution < -0.4 is 15.0 Å². The molecule has 0 amide bonds. The number of benzene rings is 1. The number of aromatic amines is 1. The number of carbonyl (C=O) groups is 1. The smallest absolute Gasteiger partial charge is 0.347 e. The number of rotatable bonds is 3. The summed E-state index contributed by atoms with van der Waals surface area (Å²) in [5.41, 5.74) is -0.272. The van der Waals surface area contributed by atoms with Crippen LogP contribution in [0.5, 0.6) is 11.5 Å². The SMILES string of the molecule is COC(=O)c1c(OC)c2cccc(OC)c2[nH]c1=O. The second kappa shape index (κ2) is 5.01. The normalized spacial score (nSPS) is 10.3. The molecule has 1 aromatic carbocycles. The number of ether oxygens (including phenoxy) is 3. The maximum Gasteiger partial charge on any atom is 0.347 e. The standard InChI is InChI=1S/C13H13NO5/c1-17-8-6-4-5-7-10(8)14-12(15)9(11(7)18-2)13(16)19-3/h4-6H,1-3H3,(H,14,15). The molecule has 2 rings (SSSR count). The van der Waals surface area contributed by atoms with E-state index in [4.69, 9.17) is 9.47 Å². The zero-order chi connectivity index (χ0) is 14.0. The van der Waals surface area contributed by atoms with Gasteiger partial charge >= 0.3 is 5.97 Å². The molecule has 0 aliphatic rings. The lowest BCUT2D eigenvalue weighted by molar-refractivity contribution is 0.0595. The minimum absolute atomic E-state index is 0.161. The van der Waals surface area contributed by atoms with Crippen molar-refractivity contribution in [3.05, 3.63) is 34.1 Å². The summed E-state index contributed by atoms with van der Waals surface area (Å²) in [4.78, 5) is 26.3. The van der Waals surface area contributed by atoms with E-state index >= 15 is 0 Å². The summed E-state index contributed by atoms with van der Waals surface area (Å²) >= 11 is 0. The van der Waals surface area contributed by atoms with E-state index in [0.717, 1.165) is 0 Å². The van der Waals surface area contributed by atoms with E-state index in [1.54, 1.807) is 18.2 Å². The van der Waals surface area contributed by atoms with Crippen LogP contribution in [0.2, 0.25) is 0 Å². The number of pyridine rings is 1. The molecule has 0 saturated heterocycles. The molecular formula is C13H13NO5. The van der Waals surface area contributed by atoms with Gasteiger partial charge in [0.25, 0.3) is 5.56 Å². The molecule has 0 aliphatic carbocycles. The fraction of sp³-hybridized carbons (Fsp3) is 0.231. The molecule has 2 aromatic rings. The van der Waals surface area contributed by atoms with Crippen molar-refractivity contribution in [2.45, 2.75) is 0 Å². The number of H-pyrrole nitrogens is 1. The van der Waals surface area contributed by atoms with Crippen LogP contribution in [-0.2, 0) is 4.74 Å². The van der Waals surface area contributed by atoms with Gasteiger partial charge in [0.05, 0.1) is 26.8 Å². The number of esters is 1. The Kier molecular flexibility index (Phi) is 3.41. The van der Waals surface area contributed by atoms with Gasteiger partial charge in [-0.2, -0.15) is 0 Å². The molecule has 100 valence electrons. The van der Waals surface area contributed by atoms with Crippen molar-refractivity contribution < 1.29 is 19.0 Å². The van der Waals surface area contributed by atoms with Gasteiger partial charge in [0, 0.05) is 5.39 Å². The molecule has 1 heterocycles. The summed E-state index contributed by atoms with van der Waals surface area (Å²) in [7, 11) is 4.09. The first-order valence-electron chi connectivity index (χ1n) is 5.49. The van der Waals surface area contributed by atoms with Crippen LogP contribution in [0.25, 0.3) is 10.9 Å². The maximum atomic E-state index is 12.0. The number of aromatic nitrogens is 1. The zero-order valence-corrected chi connectivity index (χ0v) is 10.8. The van der Waals surface area contributed by atoms with Crippen LogP contribution in [-0.4, -0.2) is 32.3 Å². The molecular weight excluding hydrogens is 250 g/mol. The van der Waals surface area contributed by atoms with Crippen LogP contribution in [0.1, 0.15) is 10.4 Å². The molecule has 1 N–H and O–H groups in total. The van der Waals surface area contributed by atoms with E-state index in [1.807, 2.05) is 0 Å². The van der Waals surface area contributed by atoms with Gasteiger partial charge in [-0.25, -0.2) is 4.79 Å². The van der Waals surface area contributed by atoms with E-state index < -0.39 is 11.5 Å². The number of hydrogen-bond donors (Lipinski definition) is 1. The van der Waals surface area contributed by atoms with Gasteiger partial charge in [0.1, 0.15) is 11.5 Å². The first-order chi connectivity index (χ1) is 9.13. The fourth-order valence-corrected chi connectivity index (χ4v) is 1.93. The van der Waals surface area contributed by atoms with Crippen molar-refractivity contribution in [3.8, 4) is 11.5 Å². The van der Waals surface area contributed by atoms with Crippen LogP contribution >= 0.6 is 0 Å². The van der Waals surface area contributed by atoms with E-state index in [2.05, 4.69) is 9.72 Å². The molecule has 0 aliphatic heterocycles. The van der Waals surface area contributed by atoms with E-state index in [-0.39, 0.29) is 11.3 Å². The fourth-order valence-electron chi connectivity index (χ4n) is 1.93. The maximum absolute atomic E-state index is 12.0. The molecule has 0 fully saturated rings. The van der Waals surface area contributed by atoms with Crippen LogP contribution in [0.4, 0.5) is 0 Å². The lowest BCUT2D eigenvalue weighted by atomic mass is 10.1. The number of carbonyl (C=O) groups excluding carboxylic acids is 1. The highest BCUT2D eigenvalue weighted by atomic mass is 16.5. The van der Waals surface area contributed by atoms with Gasteiger partial charge in [-0.1, -0.05) is 6.07 Å². The topological polar surface area (TPSA) is 77.6 Å². The van der Waals surface area contributed by atoms with Crippen molar-refractivity contribution >= 4 is 16.9 Å². The lowest BCUT2D eigenvalue weighted by Crippen LogP contribution is -2.20. The minimum atomic E-state index is -0.747. The molecule has 0 unspecified atom stereocenters. The Balaban J connectivity index is 2.91. The Labute approximate surface area is 108 Å². The molecule has 6 nitrogen and oxygen atoms in total. The number of hydrogen-bond acceptors (Lipinski definition) is 5. The van der Waals surface area contributed by atoms with Crippen LogP contribution in [0.3, 0.4) is 0 Å². The minimum Gasteiger partial charge on any atom is -0.495 e. The largest absolute Gasteiger partial charge is 0.495 e. The highest BCUT2D eigenvalue weighted by Crippen LogP contribution is 2.31. The quantitative estimate of drug-likeness (QED) is 0.845. The van der Waals surface area contributed by atoms with Crippen molar-refractivity contribution in [2.75, 3.05) is 21.3 Å². The van der Waals surface area contributed by atoms with Crippen molar-refractivity contribution in [3.63, 3.8) is 0 Å². The van der Waals surface area contributed by atoms with Crippen LogP contribution in [0.15, 0.2) is 23.0 Å². The molecule has 6 heteroatoms. The van der Waals surface area contributed by atoms with E-state index in [9.17, 15) is 9.59 Å². The van der Waals surface area contributed by atoms with Gasteiger partial charge < -0.3 is 19.2 Å². The molecule has 0 radical (unpaired) electrons. The average Bonchev–Trinajstić information content (AvgIpc) is 2.44. The Morgan fingerprint density at radius 2 is 1.89 bits per heavy atom. The summed E-state index contributed by atoms with van der Waals surface area (Å²) in [6.45, 7) is 0. The first kappa shape index (κ1) is 12.9. The Bertz CT molecular complexity index is 689. The third kappa shape index (κ3) is 2.01. The zero-order valence-electron chi connectivity index (χ0n) is 10.8. The number of nitrogens with one attached hydrogen (secondary N) is 1. The highest BCUT2D eigenvalue weighted by molar-refractivity contribution is 6.00. The lowest BCUT2D eigenvalue weighted by Gasteiger charge is -2.11. The van der Waals surface area contributed by atoms with Gasteiger partial charge in [-0.3, -0.25) is 4.79 Å². The second-order valence-corrected chi connectivity index (χ2v) is 3.74. The van der Waals surface area contributed by atoms with Crippen molar-refractivity contribution in [1.29, 1.82) is 0 Å². The molecule has 0 bridgehead atoms. The highest BCUT2D eigenvalue weighted by Gasteiger charge is 2.21. The Morgan fingerprint density at radius 3 is 2.47 bits per heavy atom. The summed E-state index contributed by atoms with van der Waals surface area (Å²) in [6.07, 6.45) is 0. The van der Waals surface area contributed by atoms with E-state index in [1.165, 1.54) is 21.3 Å². The summed E-state index contributed by atoms with van der Waals surface area (Å²) in [5, 5.41) is 0.571. The number of para-hydroxylation sites is 1. The van der Waals surface area contributed by atoms with Crippen molar-refractivity contribution in [2.24, 2.45) is 0 Å². The Morgan fingerprint density at radius 1 is 1.16 bits per heavy atom. The first-order valence-corrected chi connectivity index (χ1v) is 5.49. The molecule has 0 saturated carbocycles. The van der Waals surface area contributed by atoms with Gasteiger partial charge in [0.15, 0.2) is 5.56 Å². The van der Waals surface area contributed by atoms with Crippen molar-refractivity contribution in [1.82, 2.24) is 4.98 Å². The predicted molar refractivity (Wildman–Crippen MR) is 69.0 cm³/mol. The van der Waals surface area contributed by atoms with Crippen LogP contribution in [0, 0.1) is 0 Å². The monoisotopic (exact) mass is 263 g/mol. The molecule has 0 spiro atoms. The van der Waals surface area contributed by atoms with Gasteiger partial charge in [-0.05, 0) is 12.1 Å². The van der Waals surface area contributed by atoms with Gasteiger partial charge in [0.2, 0.25) is 0 Å². The molecule has 1 aromatic heterocycles.